The molecule has 21 heavy (non-hydrogen) atoms. The Bertz CT molecular complexity index is 475. The van der Waals surface area contributed by atoms with Crippen molar-refractivity contribution in [3.63, 3.8) is 0 Å². The van der Waals surface area contributed by atoms with Gasteiger partial charge in [0, 0.05) is 30.2 Å². The number of fused-ring (bicyclic) bond motifs is 2. The summed E-state index contributed by atoms with van der Waals surface area (Å²) < 4.78 is 6.77. The quantitative estimate of drug-likeness (QED) is 0.840. The molecule has 2 bridgehead atoms. The van der Waals surface area contributed by atoms with Gasteiger partial charge in [-0.3, -0.25) is 4.90 Å². The molecule has 1 N–H and O–H groups in total. The monoisotopic (exact) mass is 394 g/mol. The molecule has 3 nitrogen and oxygen atoms in total. The van der Waals surface area contributed by atoms with Crippen molar-refractivity contribution in [2.45, 2.75) is 31.3 Å². The summed E-state index contributed by atoms with van der Waals surface area (Å²) in [7, 11) is 0. The summed E-state index contributed by atoms with van der Waals surface area (Å²) >= 11 is 9.41. The number of nitrogens with zero attached hydrogens (tertiary/aromatic N) is 1. The van der Waals surface area contributed by atoms with E-state index in [2.05, 4.69) is 26.1 Å². The number of rotatable bonds is 4. The van der Waals surface area contributed by atoms with Crippen LogP contribution in [-0.2, 0) is 0 Å². The standard InChI is InChI=1S/C15H20BrClN2O.ClH/c16-14-9-11(17)1-4-15(14)20-8-7-19-6-5-12-2-3-13(10-19)18-12;/h1,4,9,12-13,18H,2-3,5-8,10H2;1H. The summed E-state index contributed by atoms with van der Waals surface area (Å²) in [5.41, 5.74) is 0. The molecule has 0 amide bonds. The van der Waals surface area contributed by atoms with E-state index in [9.17, 15) is 0 Å². The molecule has 3 rings (SSSR count). The Morgan fingerprint density at radius 3 is 2.90 bits per heavy atom. The van der Waals surface area contributed by atoms with Crippen LogP contribution >= 0.6 is 39.9 Å². The van der Waals surface area contributed by atoms with Crippen molar-refractivity contribution in [1.82, 2.24) is 10.2 Å². The Morgan fingerprint density at radius 2 is 2.10 bits per heavy atom. The van der Waals surface area contributed by atoms with Gasteiger partial charge in [-0.2, -0.15) is 0 Å². The second-order valence-electron chi connectivity index (χ2n) is 5.65. The molecule has 2 unspecified atom stereocenters. The van der Waals surface area contributed by atoms with Gasteiger partial charge in [-0.25, -0.2) is 0 Å². The predicted octanol–water partition coefficient (Wildman–Crippen LogP) is 3.73. The van der Waals surface area contributed by atoms with Crippen LogP contribution in [0.4, 0.5) is 0 Å². The van der Waals surface area contributed by atoms with Crippen LogP contribution in [0.25, 0.3) is 0 Å². The highest BCUT2D eigenvalue weighted by Crippen LogP contribution is 2.28. The number of benzene rings is 1. The Kier molecular flexibility index (Phi) is 6.63. The van der Waals surface area contributed by atoms with Gasteiger partial charge in [0.1, 0.15) is 12.4 Å². The first-order valence-electron chi connectivity index (χ1n) is 7.27. The van der Waals surface area contributed by atoms with Crippen molar-refractivity contribution < 1.29 is 4.74 Å². The molecule has 0 radical (unpaired) electrons. The smallest absolute Gasteiger partial charge is 0.133 e. The molecule has 1 aromatic rings. The van der Waals surface area contributed by atoms with E-state index < -0.39 is 0 Å². The molecule has 6 heteroatoms. The van der Waals surface area contributed by atoms with E-state index in [1.54, 1.807) is 0 Å². The van der Waals surface area contributed by atoms with Crippen LogP contribution in [0.1, 0.15) is 19.3 Å². The number of halogens is 3. The Labute approximate surface area is 145 Å². The summed E-state index contributed by atoms with van der Waals surface area (Å²) in [5, 5.41) is 4.42. The molecule has 0 aliphatic carbocycles. The number of ether oxygens (including phenoxy) is 1. The highest BCUT2D eigenvalue weighted by molar-refractivity contribution is 9.10. The molecular formula is C15H21BrCl2N2O. The summed E-state index contributed by atoms with van der Waals surface area (Å²) in [6.45, 7) is 4.04. The fourth-order valence-corrected chi connectivity index (χ4v) is 3.89. The van der Waals surface area contributed by atoms with E-state index in [0.717, 1.165) is 41.0 Å². The van der Waals surface area contributed by atoms with Crippen LogP contribution in [0.3, 0.4) is 0 Å². The third-order valence-electron chi connectivity index (χ3n) is 4.17. The average Bonchev–Trinajstić information content (AvgIpc) is 2.74. The van der Waals surface area contributed by atoms with Crippen molar-refractivity contribution >= 4 is 39.9 Å². The second-order valence-corrected chi connectivity index (χ2v) is 6.94. The van der Waals surface area contributed by atoms with Gasteiger partial charge in [-0.1, -0.05) is 11.6 Å². The second kappa shape index (κ2) is 8.02. The molecular weight excluding hydrogens is 375 g/mol. The molecule has 0 aromatic heterocycles. The van der Waals surface area contributed by atoms with Gasteiger partial charge in [0.05, 0.1) is 4.47 Å². The Balaban J connectivity index is 0.00000161. The van der Waals surface area contributed by atoms with Crippen molar-refractivity contribution in [2.24, 2.45) is 0 Å². The van der Waals surface area contributed by atoms with Gasteiger partial charge >= 0.3 is 0 Å². The molecule has 2 saturated heterocycles. The minimum absolute atomic E-state index is 0. The fraction of sp³-hybridized carbons (Fsp3) is 0.600. The third-order valence-corrected chi connectivity index (χ3v) is 5.02. The number of likely N-dealkylation sites (tertiary alicyclic amines) is 1. The third kappa shape index (κ3) is 4.73. The van der Waals surface area contributed by atoms with Gasteiger partial charge in [-0.15, -0.1) is 12.4 Å². The first kappa shape index (κ1) is 17.4. The van der Waals surface area contributed by atoms with E-state index in [-0.39, 0.29) is 12.4 Å². The molecule has 2 aliphatic heterocycles. The minimum Gasteiger partial charge on any atom is -0.491 e. The maximum Gasteiger partial charge on any atom is 0.133 e. The molecule has 0 saturated carbocycles. The predicted molar refractivity (Wildman–Crippen MR) is 92.9 cm³/mol. The lowest BCUT2D eigenvalue weighted by atomic mass is 10.1. The number of hydrogen-bond donors (Lipinski definition) is 1. The number of hydrogen-bond acceptors (Lipinski definition) is 3. The topological polar surface area (TPSA) is 24.5 Å². The van der Waals surface area contributed by atoms with Gasteiger partial charge in [0.25, 0.3) is 0 Å². The van der Waals surface area contributed by atoms with E-state index in [1.807, 2.05) is 18.2 Å². The molecule has 2 atom stereocenters. The van der Waals surface area contributed by atoms with Gasteiger partial charge in [-0.05, 0) is 59.9 Å². The lowest BCUT2D eigenvalue weighted by Gasteiger charge is -2.23. The van der Waals surface area contributed by atoms with Crippen LogP contribution in [0.2, 0.25) is 5.02 Å². The minimum atomic E-state index is 0. The fourth-order valence-electron chi connectivity index (χ4n) is 3.10. The van der Waals surface area contributed by atoms with E-state index in [1.165, 1.54) is 25.8 Å². The molecule has 0 spiro atoms. The van der Waals surface area contributed by atoms with Crippen LogP contribution in [0.15, 0.2) is 22.7 Å². The van der Waals surface area contributed by atoms with Crippen LogP contribution < -0.4 is 10.1 Å². The van der Waals surface area contributed by atoms with Crippen LogP contribution in [0, 0.1) is 0 Å². The SMILES string of the molecule is Cl.Clc1ccc(OCCN2CCC3CCC(C2)N3)c(Br)c1. The average molecular weight is 396 g/mol. The first-order valence-corrected chi connectivity index (χ1v) is 8.44. The molecule has 1 aromatic carbocycles. The normalized spacial score (nSPS) is 25.2. The van der Waals surface area contributed by atoms with Crippen LogP contribution in [-0.4, -0.2) is 43.2 Å². The maximum atomic E-state index is 5.93. The summed E-state index contributed by atoms with van der Waals surface area (Å²) in [6, 6.07) is 7.07. The molecule has 2 heterocycles. The van der Waals surface area contributed by atoms with E-state index in [0.29, 0.717) is 6.04 Å². The van der Waals surface area contributed by atoms with Gasteiger partial charge in [0.15, 0.2) is 0 Å². The maximum absolute atomic E-state index is 5.93. The summed E-state index contributed by atoms with van der Waals surface area (Å²) in [4.78, 5) is 2.51. The van der Waals surface area contributed by atoms with Gasteiger partial charge in [0.2, 0.25) is 0 Å². The summed E-state index contributed by atoms with van der Waals surface area (Å²) in [5.74, 6) is 0.865. The Morgan fingerprint density at radius 1 is 1.29 bits per heavy atom. The highest BCUT2D eigenvalue weighted by Gasteiger charge is 2.28. The zero-order chi connectivity index (χ0) is 13.9. The van der Waals surface area contributed by atoms with Crippen molar-refractivity contribution in [3.05, 3.63) is 27.7 Å². The zero-order valence-electron chi connectivity index (χ0n) is 11.9. The molecule has 2 fully saturated rings. The number of nitrogens with one attached hydrogen (secondary N) is 1. The summed E-state index contributed by atoms with van der Waals surface area (Å²) in [6.07, 6.45) is 3.94. The molecule has 2 aliphatic rings. The lowest BCUT2D eigenvalue weighted by Crippen LogP contribution is -2.37. The van der Waals surface area contributed by atoms with Crippen molar-refractivity contribution in [2.75, 3.05) is 26.2 Å². The molecule has 118 valence electrons. The van der Waals surface area contributed by atoms with Crippen molar-refractivity contribution in [1.29, 1.82) is 0 Å². The Hall–Kier alpha value is -0.000000000000000111. The highest BCUT2D eigenvalue weighted by atomic mass is 79.9. The zero-order valence-corrected chi connectivity index (χ0v) is 15.0. The first-order chi connectivity index (χ1) is 9.70. The van der Waals surface area contributed by atoms with Crippen molar-refractivity contribution in [3.8, 4) is 5.75 Å². The van der Waals surface area contributed by atoms with E-state index in [4.69, 9.17) is 16.3 Å². The lowest BCUT2D eigenvalue weighted by molar-refractivity contribution is 0.201. The van der Waals surface area contributed by atoms with E-state index >= 15 is 0 Å². The van der Waals surface area contributed by atoms with Crippen LogP contribution in [0.5, 0.6) is 5.75 Å². The largest absolute Gasteiger partial charge is 0.491 e. The van der Waals surface area contributed by atoms with Gasteiger partial charge < -0.3 is 10.1 Å².